The maximum absolute atomic E-state index is 5.82. The number of benzene rings is 1. The van der Waals surface area contributed by atoms with Crippen molar-refractivity contribution in [3.05, 3.63) is 40.9 Å². The summed E-state index contributed by atoms with van der Waals surface area (Å²) in [6, 6.07) is 8.08. The lowest BCUT2D eigenvalue weighted by Gasteiger charge is -2.12. The molecule has 1 aromatic carbocycles. The van der Waals surface area contributed by atoms with Crippen LogP contribution < -0.4 is 20.3 Å². The van der Waals surface area contributed by atoms with Crippen LogP contribution in [0, 0.1) is 6.92 Å². The highest BCUT2D eigenvalue weighted by Crippen LogP contribution is 2.18. The van der Waals surface area contributed by atoms with Gasteiger partial charge in [0.1, 0.15) is 5.75 Å². The number of hydrogen-bond donors (Lipinski definition) is 2. The van der Waals surface area contributed by atoms with Crippen LogP contribution in [0.15, 0.2) is 34.6 Å². The smallest absolute Gasteiger partial charge is 0.191 e. The van der Waals surface area contributed by atoms with Crippen molar-refractivity contribution in [3.63, 3.8) is 0 Å². The summed E-state index contributed by atoms with van der Waals surface area (Å²) in [7, 11) is 3.99. The van der Waals surface area contributed by atoms with E-state index in [1.54, 1.807) is 11.3 Å². The number of halogens is 1. The molecule has 0 amide bonds. The Bertz CT molecular complexity index is 705. The number of ether oxygens (including phenoxy) is 1. The molecule has 2 rings (SSSR count). The molecule has 27 heavy (non-hydrogen) atoms. The zero-order valence-corrected chi connectivity index (χ0v) is 19.6. The maximum atomic E-state index is 5.82. The quantitative estimate of drug-likeness (QED) is 0.237. The average molecular weight is 503 g/mol. The van der Waals surface area contributed by atoms with Gasteiger partial charge in [-0.3, -0.25) is 0 Å². The number of nitrogens with zero attached hydrogens (tertiary/aromatic N) is 3. The lowest BCUT2D eigenvalue weighted by atomic mass is 10.2. The molecule has 1 aromatic heterocycles. The van der Waals surface area contributed by atoms with E-state index in [9.17, 15) is 0 Å². The van der Waals surface area contributed by atoms with E-state index in [0.717, 1.165) is 47.6 Å². The molecule has 1 heterocycles. The first-order chi connectivity index (χ1) is 12.6. The van der Waals surface area contributed by atoms with E-state index in [1.165, 1.54) is 0 Å². The van der Waals surface area contributed by atoms with Crippen LogP contribution in [0.4, 0.5) is 5.13 Å². The van der Waals surface area contributed by atoms with Gasteiger partial charge in [0.15, 0.2) is 11.1 Å². The predicted octanol–water partition coefficient (Wildman–Crippen LogP) is 3.66. The number of anilines is 1. The summed E-state index contributed by atoms with van der Waals surface area (Å²) in [5.41, 5.74) is 2.15. The molecule has 8 heteroatoms. The lowest BCUT2D eigenvalue weighted by molar-refractivity contribution is 0.309. The van der Waals surface area contributed by atoms with Crippen molar-refractivity contribution in [2.24, 2.45) is 4.99 Å². The molecule has 0 saturated heterocycles. The van der Waals surface area contributed by atoms with E-state index in [2.05, 4.69) is 45.9 Å². The van der Waals surface area contributed by atoms with Gasteiger partial charge in [-0.2, -0.15) is 0 Å². The van der Waals surface area contributed by atoms with Crippen molar-refractivity contribution in [3.8, 4) is 5.75 Å². The number of hydrogen-bond acceptors (Lipinski definition) is 5. The van der Waals surface area contributed by atoms with Crippen molar-refractivity contribution in [2.75, 3.05) is 38.7 Å². The summed E-state index contributed by atoms with van der Waals surface area (Å²) in [5, 5.41) is 9.66. The predicted molar refractivity (Wildman–Crippen MR) is 126 cm³/mol. The molecule has 0 fully saturated rings. The van der Waals surface area contributed by atoms with Gasteiger partial charge >= 0.3 is 0 Å². The van der Waals surface area contributed by atoms with Crippen LogP contribution in [0.5, 0.6) is 5.75 Å². The number of thiazole rings is 1. The fraction of sp³-hybridized carbons (Fsp3) is 0.474. The minimum atomic E-state index is 0. The molecule has 0 atom stereocenters. The zero-order chi connectivity index (χ0) is 18.8. The van der Waals surface area contributed by atoms with Crippen LogP contribution in [-0.2, 0) is 6.54 Å². The van der Waals surface area contributed by atoms with Gasteiger partial charge in [0, 0.05) is 32.6 Å². The molecule has 0 aliphatic carbocycles. The van der Waals surface area contributed by atoms with E-state index in [0.29, 0.717) is 13.2 Å². The monoisotopic (exact) mass is 503 g/mol. The van der Waals surface area contributed by atoms with Crippen LogP contribution in [0.25, 0.3) is 0 Å². The first kappa shape index (κ1) is 23.5. The number of aliphatic imine (C=N–C) groups is 1. The largest absolute Gasteiger partial charge is 0.493 e. The Kier molecular flexibility index (Phi) is 11.1. The third kappa shape index (κ3) is 8.34. The van der Waals surface area contributed by atoms with Crippen LogP contribution in [-0.4, -0.2) is 44.7 Å². The van der Waals surface area contributed by atoms with Crippen LogP contribution in [0.2, 0.25) is 0 Å². The van der Waals surface area contributed by atoms with Crippen LogP contribution >= 0.6 is 35.3 Å². The first-order valence-electron chi connectivity index (χ1n) is 8.92. The molecule has 0 bridgehead atoms. The van der Waals surface area contributed by atoms with Gasteiger partial charge in [0.25, 0.3) is 0 Å². The normalized spacial score (nSPS) is 10.9. The fourth-order valence-corrected chi connectivity index (χ4v) is 3.01. The number of para-hydroxylation sites is 1. The Hall–Kier alpha value is -1.55. The Balaban J connectivity index is 0.00000364. The van der Waals surface area contributed by atoms with Gasteiger partial charge in [0.2, 0.25) is 0 Å². The number of nitrogens with one attached hydrogen (secondary N) is 2. The summed E-state index contributed by atoms with van der Waals surface area (Å²) in [6.45, 7) is 6.99. The average Bonchev–Trinajstić information content (AvgIpc) is 3.10. The highest BCUT2D eigenvalue weighted by Gasteiger charge is 2.04. The summed E-state index contributed by atoms with van der Waals surface area (Å²) in [5.74, 6) is 1.76. The standard InChI is InChI=1S/C19H29N5OS.HI/c1-5-20-18(22-13-16-14-26-19(23-16)24(3)4)21-11-8-12-25-17-10-7-6-9-15(17)2;/h6-7,9-10,14H,5,8,11-13H2,1-4H3,(H2,20,21,22);1H. The van der Waals surface area contributed by atoms with E-state index in [4.69, 9.17) is 4.74 Å². The molecule has 0 radical (unpaired) electrons. The second-order valence-electron chi connectivity index (χ2n) is 6.11. The minimum Gasteiger partial charge on any atom is -0.493 e. The SMILES string of the molecule is CCNC(=NCc1csc(N(C)C)n1)NCCCOc1ccccc1C.I. The minimum absolute atomic E-state index is 0. The Labute approximate surface area is 183 Å². The van der Waals surface area contributed by atoms with Gasteiger partial charge in [0.05, 0.1) is 18.8 Å². The van der Waals surface area contributed by atoms with Crippen molar-refractivity contribution >= 4 is 46.4 Å². The number of guanidine groups is 1. The Morgan fingerprint density at radius 1 is 1.26 bits per heavy atom. The van der Waals surface area contributed by atoms with Crippen molar-refractivity contribution < 1.29 is 4.74 Å². The summed E-state index contributed by atoms with van der Waals surface area (Å²) in [6.07, 6.45) is 0.903. The second kappa shape index (κ2) is 12.8. The third-order valence-corrected chi connectivity index (χ3v) is 4.69. The first-order valence-corrected chi connectivity index (χ1v) is 9.80. The fourth-order valence-electron chi connectivity index (χ4n) is 2.26. The van der Waals surface area contributed by atoms with Gasteiger partial charge in [-0.15, -0.1) is 35.3 Å². The Morgan fingerprint density at radius 3 is 2.70 bits per heavy atom. The molecule has 0 aliphatic rings. The van der Waals surface area contributed by atoms with E-state index in [1.807, 2.05) is 37.2 Å². The molecule has 0 aliphatic heterocycles. The summed E-state index contributed by atoms with van der Waals surface area (Å²) < 4.78 is 5.82. The van der Waals surface area contributed by atoms with E-state index >= 15 is 0 Å². The maximum Gasteiger partial charge on any atom is 0.191 e. The molecule has 6 nitrogen and oxygen atoms in total. The third-order valence-electron chi connectivity index (χ3n) is 3.63. The highest BCUT2D eigenvalue weighted by atomic mass is 127. The molecule has 2 aromatic rings. The zero-order valence-electron chi connectivity index (χ0n) is 16.5. The van der Waals surface area contributed by atoms with Crippen molar-refractivity contribution in [1.29, 1.82) is 0 Å². The molecule has 0 spiro atoms. The van der Waals surface area contributed by atoms with Crippen molar-refractivity contribution in [1.82, 2.24) is 15.6 Å². The Morgan fingerprint density at radius 2 is 2.04 bits per heavy atom. The number of aromatic nitrogens is 1. The molecule has 0 saturated carbocycles. The molecule has 150 valence electrons. The van der Waals surface area contributed by atoms with Gasteiger partial charge < -0.3 is 20.3 Å². The topological polar surface area (TPSA) is 61.8 Å². The van der Waals surface area contributed by atoms with Gasteiger partial charge in [-0.05, 0) is 31.9 Å². The van der Waals surface area contributed by atoms with Gasteiger partial charge in [-0.25, -0.2) is 9.98 Å². The second-order valence-corrected chi connectivity index (χ2v) is 6.94. The van der Waals surface area contributed by atoms with Crippen LogP contribution in [0.1, 0.15) is 24.6 Å². The van der Waals surface area contributed by atoms with Crippen LogP contribution in [0.3, 0.4) is 0 Å². The lowest BCUT2D eigenvalue weighted by Crippen LogP contribution is -2.38. The molecule has 0 unspecified atom stereocenters. The molecular weight excluding hydrogens is 473 g/mol. The number of aryl methyl sites for hydroxylation is 1. The summed E-state index contributed by atoms with van der Waals surface area (Å²) >= 11 is 1.63. The van der Waals surface area contributed by atoms with E-state index in [-0.39, 0.29) is 24.0 Å². The molecular formula is C19H30IN5OS. The van der Waals surface area contributed by atoms with Gasteiger partial charge in [-0.1, -0.05) is 18.2 Å². The van der Waals surface area contributed by atoms with Crippen molar-refractivity contribution in [2.45, 2.75) is 26.8 Å². The molecule has 2 N–H and O–H groups in total. The van der Waals surface area contributed by atoms with E-state index < -0.39 is 0 Å². The summed E-state index contributed by atoms with van der Waals surface area (Å²) in [4.78, 5) is 11.2. The highest BCUT2D eigenvalue weighted by molar-refractivity contribution is 14.0. The number of rotatable bonds is 9.